The van der Waals surface area contributed by atoms with Gasteiger partial charge in [-0.15, -0.1) is 0 Å². The number of nitrogens with one attached hydrogen (secondary N) is 4. The zero-order valence-corrected chi connectivity index (χ0v) is 19.1. The lowest BCUT2D eigenvalue weighted by atomic mass is 9.79. The van der Waals surface area contributed by atoms with E-state index in [0.717, 1.165) is 25.7 Å². The van der Waals surface area contributed by atoms with E-state index in [1.165, 1.54) is 0 Å². The second-order valence-corrected chi connectivity index (χ2v) is 8.95. The van der Waals surface area contributed by atoms with E-state index in [9.17, 15) is 39.0 Å². The minimum atomic E-state index is -1.01. The van der Waals surface area contributed by atoms with Crippen LogP contribution in [0.5, 0.6) is 0 Å². The maximum Gasteiger partial charge on any atom is 0.307 e. The maximum atomic E-state index is 12.2. The second kappa shape index (κ2) is 13.5. The summed E-state index contributed by atoms with van der Waals surface area (Å²) in [6.45, 7) is 0. The van der Waals surface area contributed by atoms with E-state index in [1.807, 2.05) is 0 Å². The largest absolute Gasteiger partial charge is 0.481 e. The fourth-order valence-corrected chi connectivity index (χ4v) is 4.62. The molecule has 0 aliphatic heterocycles. The predicted molar refractivity (Wildman–Crippen MR) is 117 cm³/mol. The second-order valence-electron chi connectivity index (χ2n) is 8.95. The monoisotopic (exact) mass is 482 g/mol. The van der Waals surface area contributed by atoms with Crippen LogP contribution >= 0.6 is 0 Å². The molecular weight excluding hydrogens is 448 g/mol. The van der Waals surface area contributed by atoms with Crippen molar-refractivity contribution in [3.05, 3.63) is 0 Å². The lowest BCUT2D eigenvalue weighted by molar-refractivity contribution is -0.149. The van der Waals surface area contributed by atoms with Gasteiger partial charge in [0.2, 0.25) is 23.6 Å². The molecule has 0 aromatic carbocycles. The van der Waals surface area contributed by atoms with Gasteiger partial charge in [-0.2, -0.15) is 0 Å². The zero-order valence-electron chi connectivity index (χ0n) is 19.1. The van der Waals surface area contributed by atoms with Crippen molar-refractivity contribution in [3.63, 3.8) is 0 Å². The fraction of sp³-hybridized carbons (Fsp3) is 0.727. The lowest BCUT2D eigenvalue weighted by Crippen LogP contribution is -2.48. The topological polar surface area (TPSA) is 191 Å². The number of amides is 4. The molecule has 0 bridgehead atoms. The molecule has 0 aromatic heterocycles. The van der Waals surface area contributed by atoms with Crippen LogP contribution in [0.2, 0.25) is 0 Å². The summed E-state index contributed by atoms with van der Waals surface area (Å²) in [5.41, 5.74) is 9.14. The molecule has 2 fully saturated rings. The van der Waals surface area contributed by atoms with Crippen molar-refractivity contribution in [2.75, 3.05) is 0 Å². The molecule has 0 saturated heterocycles. The Morgan fingerprint density at radius 1 is 0.529 bits per heavy atom. The smallest absolute Gasteiger partial charge is 0.307 e. The number of rotatable bonds is 9. The number of carbonyl (C=O) groups excluding carboxylic acids is 4. The third-order valence-corrected chi connectivity index (χ3v) is 6.55. The average molecular weight is 483 g/mol. The summed E-state index contributed by atoms with van der Waals surface area (Å²) in [5, 5.41) is 18.5. The molecule has 4 atom stereocenters. The summed E-state index contributed by atoms with van der Waals surface area (Å²) < 4.78 is 0. The van der Waals surface area contributed by atoms with Gasteiger partial charge in [-0.1, -0.05) is 25.7 Å². The van der Waals surface area contributed by atoms with Gasteiger partial charge in [0, 0.05) is 12.8 Å². The van der Waals surface area contributed by atoms with Crippen molar-refractivity contribution in [1.29, 1.82) is 0 Å². The van der Waals surface area contributed by atoms with Gasteiger partial charge in [0.1, 0.15) is 0 Å². The highest BCUT2D eigenvalue weighted by Crippen LogP contribution is 2.31. The Hall–Kier alpha value is -3.18. The number of aliphatic carboxylic acids is 2. The molecule has 2 rings (SSSR count). The molecule has 12 nitrogen and oxygen atoms in total. The van der Waals surface area contributed by atoms with E-state index >= 15 is 0 Å². The number of hydrazine groups is 2. The van der Waals surface area contributed by atoms with Crippen molar-refractivity contribution in [1.82, 2.24) is 21.7 Å². The SMILES string of the molecule is O=C(CCCCC(=O)NNC(=O)C1CCCCC1C(=O)O)NNC(=O)C1CCCCC1C(=O)O. The summed E-state index contributed by atoms with van der Waals surface area (Å²) in [6.07, 6.45) is 5.64. The quantitative estimate of drug-likeness (QED) is 0.203. The number of hydrogen-bond acceptors (Lipinski definition) is 6. The summed E-state index contributed by atoms with van der Waals surface area (Å²) in [5.74, 6) is -6.83. The first-order valence-electron chi connectivity index (χ1n) is 11.8. The van der Waals surface area contributed by atoms with Crippen molar-refractivity contribution in [2.24, 2.45) is 23.7 Å². The first kappa shape index (κ1) is 27.1. The molecule has 2 aliphatic rings. The fourth-order valence-electron chi connectivity index (χ4n) is 4.62. The van der Waals surface area contributed by atoms with E-state index in [0.29, 0.717) is 38.5 Å². The van der Waals surface area contributed by atoms with Gasteiger partial charge < -0.3 is 10.2 Å². The van der Waals surface area contributed by atoms with Gasteiger partial charge in [0.05, 0.1) is 23.7 Å². The molecule has 34 heavy (non-hydrogen) atoms. The van der Waals surface area contributed by atoms with E-state index in [1.54, 1.807) is 0 Å². The summed E-state index contributed by atoms with van der Waals surface area (Å²) in [4.78, 5) is 70.9. The Labute approximate surface area is 197 Å². The van der Waals surface area contributed by atoms with Gasteiger partial charge in [0.25, 0.3) is 0 Å². The molecule has 2 aliphatic carbocycles. The Balaban J connectivity index is 1.60. The Morgan fingerprint density at radius 3 is 1.18 bits per heavy atom. The van der Waals surface area contributed by atoms with E-state index in [2.05, 4.69) is 21.7 Å². The molecule has 6 N–H and O–H groups in total. The van der Waals surface area contributed by atoms with Crippen LogP contribution in [-0.4, -0.2) is 45.8 Å². The summed E-state index contributed by atoms with van der Waals surface area (Å²) in [7, 11) is 0. The van der Waals surface area contributed by atoms with E-state index < -0.39 is 59.2 Å². The van der Waals surface area contributed by atoms with Crippen LogP contribution in [0.25, 0.3) is 0 Å². The molecule has 12 heteroatoms. The Morgan fingerprint density at radius 2 is 0.853 bits per heavy atom. The van der Waals surface area contributed by atoms with E-state index in [-0.39, 0.29) is 12.8 Å². The Bertz CT molecular complexity index is 723. The summed E-state index contributed by atoms with van der Waals surface area (Å²) >= 11 is 0. The molecule has 0 spiro atoms. The standard InChI is InChI=1S/C22H34N4O8/c27-17(23-25-19(29)13-7-1-3-9-15(13)21(31)32)11-5-6-12-18(28)24-26-20(30)14-8-2-4-10-16(14)22(33)34/h13-16H,1-12H2,(H,23,27)(H,24,28)(H,25,29)(H,26,30)(H,31,32)(H,33,34). The molecule has 4 unspecified atom stereocenters. The van der Waals surface area contributed by atoms with Gasteiger partial charge >= 0.3 is 11.9 Å². The summed E-state index contributed by atoms with van der Waals surface area (Å²) in [6, 6.07) is 0. The van der Waals surface area contributed by atoms with Crippen LogP contribution < -0.4 is 21.7 Å². The molecular formula is C22H34N4O8. The molecule has 0 heterocycles. The third kappa shape index (κ3) is 8.31. The van der Waals surface area contributed by atoms with Crippen LogP contribution in [0.4, 0.5) is 0 Å². The zero-order chi connectivity index (χ0) is 25.1. The first-order valence-corrected chi connectivity index (χ1v) is 11.8. The first-order chi connectivity index (χ1) is 16.2. The van der Waals surface area contributed by atoms with Gasteiger partial charge in [-0.05, 0) is 38.5 Å². The average Bonchev–Trinajstić information content (AvgIpc) is 2.83. The van der Waals surface area contributed by atoms with Crippen LogP contribution in [0.3, 0.4) is 0 Å². The number of hydrogen-bond donors (Lipinski definition) is 6. The molecule has 190 valence electrons. The highest BCUT2D eigenvalue weighted by molar-refractivity contribution is 5.88. The van der Waals surface area contributed by atoms with Crippen LogP contribution in [0.15, 0.2) is 0 Å². The third-order valence-electron chi connectivity index (χ3n) is 6.55. The highest BCUT2D eigenvalue weighted by Gasteiger charge is 2.36. The normalized spacial score (nSPS) is 24.4. The van der Waals surface area contributed by atoms with Crippen LogP contribution in [-0.2, 0) is 28.8 Å². The number of carboxylic acid groups (broad SMARTS) is 2. The van der Waals surface area contributed by atoms with Crippen molar-refractivity contribution in [3.8, 4) is 0 Å². The van der Waals surface area contributed by atoms with Crippen LogP contribution in [0.1, 0.15) is 77.0 Å². The van der Waals surface area contributed by atoms with Gasteiger partial charge in [0.15, 0.2) is 0 Å². The lowest BCUT2D eigenvalue weighted by Gasteiger charge is -2.27. The molecule has 4 amide bonds. The molecule has 2 saturated carbocycles. The minimum absolute atomic E-state index is 0.0509. The van der Waals surface area contributed by atoms with Crippen molar-refractivity contribution >= 4 is 35.6 Å². The van der Waals surface area contributed by atoms with Crippen molar-refractivity contribution in [2.45, 2.75) is 77.0 Å². The van der Waals surface area contributed by atoms with Crippen LogP contribution in [0, 0.1) is 23.7 Å². The van der Waals surface area contributed by atoms with Gasteiger partial charge in [-0.25, -0.2) is 0 Å². The molecule has 0 aromatic rings. The van der Waals surface area contributed by atoms with Gasteiger partial charge in [-0.3, -0.25) is 50.5 Å². The van der Waals surface area contributed by atoms with Crippen molar-refractivity contribution < 1.29 is 39.0 Å². The predicted octanol–water partition coefficient (Wildman–Crippen LogP) is 0.624. The highest BCUT2D eigenvalue weighted by atomic mass is 16.4. The van der Waals surface area contributed by atoms with E-state index in [4.69, 9.17) is 0 Å². The maximum absolute atomic E-state index is 12.2. The Kier molecular flexibility index (Phi) is 10.8. The number of unbranched alkanes of at least 4 members (excludes halogenated alkanes) is 1. The minimum Gasteiger partial charge on any atom is -0.481 e. The number of carbonyl (C=O) groups is 6. The molecule has 0 radical (unpaired) electrons. The number of carboxylic acids is 2.